The van der Waals surface area contributed by atoms with Crippen LogP contribution >= 0.6 is 0 Å². The second-order valence-corrected chi connectivity index (χ2v) is 4.01. The normalized spacial score (nSPS) is 10.7. The summed E-state index contributed by atoms with van der Waals surface area (Å²) in [7, 11) is 0. The molecule has 0 aromatic rings. The van der Waals surface area contributed by atoms with Crippen LogP contribution in [0.1, 0.15) is 27.2 Å². The summed E-state index contributed by atoms with van der Waals surface area (Å²) in [5.41, 5.74) is 0.404. The molecule has 2 nitrogen and oxygen atoms in total. The van der Waals surface area contributed by atoms with Gasteiger partial charge in [-0.1, -0.05) is 26.5 Å². The third-order valence-corrected chi connectivity index (χ3v) is 1.64. The van der Waals surface area contributed by atoms with Crippen molar-refractivity contribution in [2.45, 2.75) is 27.2 Å². The maximum atomic E-state index is 11.0. The first kappa shape index (κ1) is 11.9. The van der Waals surface area contributed by atoms with Gasteiger partial charge < -0.3 is 4.74 Å². The van der Waals surface area contributed by atoms with Gasteiger partial charge in [0, 0.05) is 11.0 Å². The van der Waals surface area contributed by atoms with Gasteiger partial charge in [-0.3, -0.25) is 0 Å². The summed E-state index contributed by atoms with van der Waals surface area (Å²) in [6.07, 6.45) is 2.66. The Morgan fingerprint density at radius 3 is 2.46 bits per heavy atom. The third kappa shape index (κ3) is 5.23. The lowest BCUT2D eigenvalue weighted by Gasteiger charge is -2.22. The highest BCUT2D eigenvalue weighted by Gasteiger charge is 2.18. The van der Waals surface area contributed by atoms with Crippen molar-refractivity contribution < 1.29 is 9.53 Å². The molecule has 0 aliphatic carbocycles. The minimum absolute atomic E-state index is 0.0349. The zero-order valence-corrected chi connectivity index (χ0v) is 8.72. The molecular formula is C11H18O2. The van der Waals surface area contributed by atoms with Gasteiger partial charge in [-0.05, 0) is 13.3 Å². The highest BCUT2D eigenvalue weighted by atomic mass is 16.5. The van der Waals surface area contributed by atoms with Gasteiger partial charge in [-0.2, -0.15) is 0 Å². The highest BCUT2D eigenvalue weighted by Crippen LogP contribution is 2.21. The SMILES string of the molecule is C=CCC(C)(C)COC(=O)C(=C)C. The molecule has 0 aliphatic rings. The Labute approximate surface area is 80.3 Å². The summed E-state index contributed by atoms with van der Waals surface area (Å²) in [4.78, 5) is 11.0. The Morgan fingerprint density at radius 2 is 2.08 bits per heavy atom. The average molecular weight is 182 g/mol. The molecule has 0 aromatic heterocycles. The Bertz CT molecular complexity index is 214. The fraction of sp³-hybridized carbons (Fsp3) is 0.545. The van der Waals surface area contributed by atoms with Gasteiger partial charge in [-0.15, -0.1) is 6.58 Å². The van der Waals surface area contributed by atoms with E-state index in [0.29, 0.717) is 12.2 Å². The van der Waals surface area contributed by atoms with Crippen LogP contribution in [0, 0.1) is 5.41 Å². The lowest BCUT2D eigenvalue weighted by Crippen LogP contribution is -2.21. The van der Waals surface area contributed by atoms with Gasteiger partial charge in [0.25, 0.3) is 0 Å². The van der Waals surface area contributed by atoms with Crippen molar-refractivity contribution in [1.29, 1.82) is 0 Å². The van der Waals surface area contributed by atoms with Crippen LogP contribution in [0.2, 0.25) is 0 Å². The smallest absolute Gasteiger partial charge is 0.333 e. The van der Waals surface area contributed by atoms with Gasteiger partial charge in [0.05, 0.1) is 6.61 Å². The van der Waals surface area contributed by atoms with Crippen LogP contribution in [-0.4, -0.2) is 12.6 Å². The molecule has 0 rings (SSSR count). The first-order valence-electron chi connectivity index (χ1n) is 4.32. The molecule has 0 saturated carbocycles. The van der Waals surface area contributed by atoms with Crippen molar-refractivity contribution in [2.24, 2.45) is 5.41 Å². The molecule has 0 N–H and O–H groups in total. The van der Waals surface area contributed by atoms with Crippen LogP contribution in [0.3, 0.4) is 0 Å². The zero-order chi connectivity index (χ0) is 10.5. The summed E-state index contributed by atoms with van der Waals surface area (Å²) in [5, 5.41) is 0. The van der Waals surface area contributed by atoms with E-state index < -0.39 is 0 Å². The molecule has 0 unspecified atom stereocenters. The van der Waals surface area contributed by atoms with E-state index >= 15 is 0 Å². The fourth-order valence-corrected chi connectivity index (χ4v) is 0.834. The number of ether oxygens (including phenoxy) is 1. The molecule has 0 aromatic carbocycles. The molecule has 13 heavy (non-hydrogen) atoms. The number of allylic oxidation sites excluding steroid dienone is 1. The van der Waals surface area contributed by atoms with Gasteiger partial charge in [-0.25, -0.2) is 4.79 Å². The maximum absolute atomic E-state index is 11.0. The summed E-state index contributed by atoms with van der Waals surface area (Å²) in [5.74, 6) is -0.322. The van der Waals surface area contributed by atoms with E-state index in [4.69, 9.17) is 4.74 Å². The predicted octanol–water partition coefficient (Wildman–Crippen LogP) is 2.71. The molecule has 2 heteroatoms. The summed E-state index contributed by atoms with van der Waals surface area (Å²) < 4.78 is 5.03. The quantitative estimate of drug-likeness (QED) is 0.371. The molecule has 0 saturated heterocycles. The van der Waals surface area contributed by atoms with E-state index in [1.165, 1.54) is 0 Å². The molecule has 0 amide bonds. The molecule has 0 spiro atoms. The maximum Gasteiger partial charge on any atom is 0.333 e. The van der Waals surface area contributed by atoms with E-state index in [2.05, 4.69) is 13.2 Å². The van der Waals surface area contributed by atoms with Crippen molar-refractivity contribution in [1.82, 2.24) is 0 Å². The number of esters is 1. The Morgan fingerprint density at radius 1 is 1.54 bits per heavy atom. The fourth-order valence-electron chi connectivity index (χ4n) is 0.834. The van der Waals surface area contributed by atoms with Crippen molar-refractivity contribution in [2.75, 3.05) is 6.61 Å². The van der Waals surface area contributed by atoms with E-state index in [1.807, 2.05) is 19.9 Å². The van der Waals surface area contributed by atoms with Gasteiger partial charge >= 0.3 is 5.97 Å². The molecule has 0 fully saturated rings. The van der Waals surface area contributed by atoms with Gasteiger partial charge in [0.1, 0.15) is 0 Å². The van der Waals surface area contributed by atoms with Gasteiger partial charge in [0.15, 0.2) is 0 Å². The summed E-state index contributed by atoms with van der Waals surface area (Å²) in [6.45, 7) is 13.3. The minimum atomic E-state index is -0.322. The number of carbonyl (C=O) groups is 1. The lowest BCUT2D eigenvalue weighted by molar-refractivity contribution is -0.141. The van der Waals surface area contributed by atoms with Crippen molar-refractivity contribution in [3.63, 3.8) is 0 Å². The molecular weight excluding hydrogens is 164 g/mol. The molecule has 0 aliphatic heterocycles. The number of rotatable bonds is 5. The van der Waals surface area contributed by atoms with E-state index in [0.717, 1.165) is 6.42 Å². The number of hydrogen-bond acceptors (Lipinski definition) is 2. The van der Waals surface area contributed by atoms with E-state index in [-0.39, 0.29) is 11.4 Å². The monoisotopic (exact) mass is 182 g/mol. The molecule has 0 radical (unpaired) electrons. The van der Waals surface area contributed by atoms with Crippen LogP contribution in [0.15, 0.2) is 24.8 Å². The molecule has 0 bridgehead atoms. The van der Waals surface area contributed by atoms with E-state index in [9.17, 15) is 4.79 Å². The van der Waals surface area contributed by atoms with Gasteiger partial charge in [0.2, 0.25) is 0 Å². The summed E-state index contributed by atoms with van der Waals surface area (Å²) in [6, 6.07) is 0. The average Bonchev–Trinajstić information content (AvgIpc) is 2.00. The van der Waals surface area contributed by atoms with Crippen LogP contribution in [-0.2, 0) is 9.53 Å². The minimum Gasteiger partial charge on any atom is -0.462 e. The van der Waals surface area contributed by atoms with Crippen molar-refractivity contribution in [3.05, 3.63) is 24.8 Å². The Balaban J connectivity index is 3.93. The Kier molecular flexibility index (Phi) is 4.46. The first-order chi connectivity index (χ1) is 5.89. The zero-order valence-electron chi connectivity index (χ0n) is 8.72. The first-order valence-corrected chi connectivity index (χ1v) is 4.32. The van der Waals surface area contributed by atoms with E-state index in [1.54, 1.807) is 6.92 Å². The molecule has 74 valence electrons. The molecule has 0 heterocycles. The second-order valence-electron chi connectivity index (χ2n) is 4.01. The summed E-state index contributed by atoms with van der Waals surface area (Å²) >= 11 is 0. The van der Waals surface area contributed by atoms with Crippen LogP contribution < -0.4 is 0 Å². The Hall–Kier alpha value is -1.05. The lowest BCUT2D eigenvalue weighted by atomic mass is 9.91. The number of carbonyl (C=O) groups excluding carboxylic acids is 1. The standard InChI is InChI=1S/C11H18O2/c1-6-7-11(4,5)8-13-10(12)9(2)3/h6H,1-2,7-8H2,3-5H3. The number of hydrogen-bond donors (Lipinski definition) is 0. The van der Waals surface area contributed by atoms with Crippen LogP contribution in [0.4, 0.5) is 0 Å². The van der Waals surface area contributed by atoms with Crippen LogP contribution in [0.25, 0.3) is 0 Å². The second kappa shape index (κ2) is 4.85. The highest BCUT2D eigenvalue weighted by molar-refractivity contribution is 5.86. The topological polar surface area (TPSA) is 26.3 Å². The van der Waals surface area contributed by atoms with Crippen molar-refractivity contribution >= 4 is 5.97 Å². The predicted molar refractivity (Wildman–Crippen MR) is 54.4 cm³/mol. The van der Waals surface area contributed by atoms with Crippen LogP contribution in [0.5, 0.6) is 0 Å². The molecule has 0 atom stereocenters. The van der Waals surface area contributed by atoms with Crippen molar-refractivity contribution in [3.8, 4) is 0 Å². The largest absolute Gasteiger partial charge is 0.462 e. The third-order valence-electron chi connectivity index (χ3n) is 1.64.